The molecule has 2 aromatic rings. The third-order valence-electron chi connectivity index (χ3n) is 3.01. The molecule has 7 heteroatoms. The number of fused-ring (bicyclic) bond motifs is 1. The Bertz CT molecular complexity index is 531. The Morgan fingerprint density at radius 2 is 2.17 bits per heavy atom. The fourth-order valence-electron chi connectivity index (χ4n) is 1.68. The normalized spacial score (nSPS) is 12.0. The third-order valence-corrected chi connectivity index (χ3v) is 3.39. The summed E-state index contributed by atoms with van der Waals surface area (Å²) in [6.45, 7) is 1.53. The molecular weight excluding hydrogens is 300 g/mol. The molecule has 2 heterocycles. The Balaban J connectivity index is 2.44. The van der Waals surface area contributed by atoms with E-state index in [1.54, 1.807) is 18.6 Å². The van der Waals surface area contributed by atoms with Crippen LogP contribution in [-0.2, 0) is 0 Å². The summed E-state index contributed by atoms with van der Waals surface area (Å²) in [5.74, 6) is 0.527. The number of aliphatic hydroxyl groups excluding tert-OH is 2. The average Bonchev–Trinajstić information content (AvgIpc) is 2.84. The summed E-state index contributed by atoms with van der Waals surface area (Å²) in [4.78, 5) is 8.50. The van der Waals surface area contributed by atoms with Crippen LogP contribution in [0.4, 0.5) is 5.82 Å². The SMILES string of the molecule is CCC(CO)(CO)Nc1nc(Br)cn2ccnc12. The van der Waals surface area contributed by atoms with E-state index in [1.807, 2.05) is 11.3 Å². The highest BCUT2D eigenvalue weighted by Gasteiger charge is 2.28. The molecule has 0 saturated carbocycles. The largest absolute Gasteiger partial charge is 0.394 e. The monoisotopic (exact) mass is 314 g/mol. The van der Waals surface area contributed by atoms with Crippen LogP contribution < -0.4 is 5.32 Å². The maximum atomic E-state index is 9.44. The first kappa shape index (κ1) is 13.3. The van der Waals surface area contributed by atoms with Crippen molar-refractivity contribution in [3.8, 4) is 0 Å². The number of imidazole rings is 1. The molecule has 18 heavy (non-hydrogen) atoms. The predicted octanol–water partition coefficient (Wildman–Crippen LogP) is 1.04. The molecular formula is C11H15BrN4O2. The summed E-state index contributed by atoms with van der Waals surface area (Å²) < 4.78 is 2.46. The Kier molecular flexibility index (Phi) is 3.84. The minimum atomic E-state index is -0.791. The maximum absolute atomic E-state index is 9.44. The summed E-state index contributed by atoms with van der Waals surface area (Å²) >= 11 is 3.32. The lowest BCUT2D eigenvalue weighted by Crippen LogP contribution is -2.45. The van der Waals surface area contributed by atoms with E-state index in [2.05, 4.69) is 31.2 Å². The number of aromatic nitrogens is 3. The van der Waals surface area contributed by atoms with E-state index in [-0.39, 0.29) is 13.2 Å². The van der Waals surface area contributed by atoms with Crippen LogP contribution in [0.2, 0.25) is 0 Å². The van der Waals surface area contributed by atoms with Crippen LogP contribution in [-0.4, -0.2) is 43.3 Å². The molecule has 0 unspecified atom stereocenters. The van der Waals surface area contributed by atoms with Crippen LogP contribution >= 0.6 is 15.9 Å². The highest BCUT2D eigenvalue weighted by Crippen LogP contribution is 2.22. The second-order valence-electron chi connectivity index (χ2n) is 4.15. The van der Waals surface area contributed by atoms with Crippen molar-refractivity contribution in [1.82, 2.24) is 14.4 Å². The summed E-state index contributed by atoms with van der Waals surface area (Å²) in [6, 6.07) is 0. The summed E-state index contributed by atoms with van der Waals surface area (Å²) in [6.07, 6.45) is 5.83. The Labute approximate surface area is 113 Å². The Morgan fingerprint density at radius 1 is 1.44 bits per heavy atom. The van der Waals surface area contributed by atoms with E-state index in [9.17, 15) is 10.2 Å². The van der Waals surface area contributed by atoms with Crippen molar-refractivity contribution in [3.63, 3.8) is 0 Å². The van der Waals surface area contributed by atoms with Gasteiger partial charge in [0.15, 0.2) is 11.5 Å². The second-order valence-corrected chi connectivity index (χ2v) is 4.96. The molecule has 6 nitrogen and oxygen atoms in total. The van der Waals surface area contributed by atoms with Gasteiger partial charge in [0.05, 0.1) is 18.8 Å². The fourth-order valence-corrected chi connectivity index (χ4v) is 2.08. The molecule has 2 aromatic heterocycles. The molecule has 0 aliphatic heterocycles. The number of halogens is 1. The number of rotatable bonds is 5. The van der Waals surface area contributed by atoms with Gasteiger partial charge in [0, 0.05) is 18.6 Å². The molecule has 0 atom stereocenters. The van der Waals surface area contributed by atoms with E-state index in [4.69, 9.17) is 0 Å². The molecule has 0 aliphatic rings. The first-order valence-electron chi connectivity index (χ1n) is 5.63. The zero-order chi connectivity index (χ0) is 13.2. The predicted molar refractivity (Wildman–Crippen MR) is 71.5 cm³/mol. The highest BCUT2D eigenvalue weighted by molar-refractivity contribution is 9.10. The minimum Gasteiger partial charge on any atom is -0.394 e. The zero-order valence-corrected chi connectivity index (χ0v) is 11.6. The minimum absolute atomic E-state index is 0.180. The van der Waals surface area contributed by atoms with Crippen LogP contribution in [0.1, 0.15) is 13.3 Å². The molecule has 2 rings (SSSR count). The van der Waals surface area contributed by atoms with Gasteiger partial charge in [0.2, 0.25) is 0 Å². The Hall–Kier alpha value is -1.18. The molecule has 0 saturated heterocycles. The lowest BCUT2D eigenvalue weighted by Gasteiger charge is -2.30. The number of nitrogens with zero attached hydrogens (tertiary/aromatic N) is 3. The first-order valence-corrected chi connectivity index (χ1v) is 6.42. The number of nitrogens with one attached hydrogen (secondary N) is 1. The van der Waals surface area contributed by atoms with Crippen molar-refractivity contribution < 1.29 is 10.2 Å². The lowest BCUT2D eigenvalue weighted by atomic mass is 9.98. The van der Waals surface area contributed by atoms with Gasteiger partial charge < -0.3 is 19.9 Å². The summed E-state index contributed by atoms with van der Waals surface area (Å²) in [5, 5.41) is 22.0. The van der Waals surface area contributed by atoms with Gasteiger partial charge in [-0.05, 0) is 22.4 Å². The smallest absolute Gasteiger partial charge is 0.180 e. The summed E-state index contributed by atoms with van der Waals surface area (Å²) in [7, 11) is 0. The van der Waals surface area contributed by atoms with Crippen molar-refractivity contribution in [2.45, 2.75) is 18.9 Å². The van der Waals surface area contributed by atoms with Gasteiger partial charge in [-0.2, -0.15) is 0 Å². The molecule has 0 bridgehead atoms. The molecule has 0 amide bonds. The van der Waals surface area contributed by atoms with Gasteiger partial charge in [-0.1, -0.05) is 6.92 Å². The molecule has 98 valence electrons. The zero-order valence-electron chi connectivity index (χ0n) is 9.97. The van der Waals surface area contributed by atoms with Crippen molar-refractivity contribution in [2.24, 2.45) is 0 Å². The van der Waals surface area contributed by atoms with Gasteiger partial charge in [-0.3, -0.25) is 0 Å². The van der Waals surface area contributed by atoms with Gasteiger partial charge in [0.25, 0.3) is 0 Å². The van der Waals surface area contributed by atoms with Crippen LogP contribution in [0.5, 0.6) is 0 Å². The van der Waals surface area contributed by atoms with E-state index in [0.29, 0.717) is 22.5 Å². The number of aliphatic hydroxyl groups is 2. The average molecular weight is 315 g/mol. The summed E-state index contributed by atoms with van der Waals surface area (Å²) in [5.41, 5.74) is -0.141. The van der Waals surface area contributed by atoms with E-state index < -0.39 is 5.54 Å². The van der Waals surface area contributed by atoms with Gasteiger partial charge in [0.1, 0.15) is 4.60 Å². The van der Waals surface area contributed by atoms with Crippen LogP contribution in [0.25, 0.3) is 5.65 Å². The molecule has 0 fully saturated rings. The number of hydrogen-bond donors (Lipinski definition) is 3. The number of anilines is 1. The maximum Gasteiger partial charge on any atom is 0.180 e. The molecule has 0 aliphatic carbocycles. The van der Waals surface area contributed by atoms with E-state index in [1.165, 1.54) is 0 Å². The molecule has 3 N–H and O–H groups in total. The van der Waals surface area contributed by atoms with Gasteiger partial charge >= 0.3 is 0 Å². The van der Waals surface area contributed by atoms with Gasteiger partial charge in [-0.25, -0.2) is 9.97 Å². The molecule has 0 aromatic carbocycles. The fraction of sp³-hybridized carbons (Fsp3) is 0.455. The van der Waals surface area contributed by atoms with E-state index in [0.717, 1.165) is 0 Å². The Morgan fingerprint density at radius 3 is 2.78 bits per heavy atom. The standard InChI is InChI=1S/C11H15BrN4O2/c1-2-11(6-17,7-18)15-9-10-13-3-4-16(10)5-8(12)14-9/h3-5,17-18H,2,6-7H2,1H3,(H,14,15). The van der Waals surface area contributed by atoms with Crippen LogP contribution in [0.3, 0.4) is 0 Å². The lowest BCUT2D eigenvalue weighted by molar-refractivity contribution is 0.132. The number of hydrogen-bond acceptors (Lipinski definition) is 5. The van der Waals surface area contributed by atoms with Crippen molar-refractivity contribution in [2.75, 3.05) is 18.5 Å². The van der Waals surface area contributed by atoms with Crippen molar-refractivity contribution >= 4 is 27.4 Å². The highest BCUT2D eigenvalue weighted by atomic mass is 79.9. The second kappa shape index (κ2) is 5.21. The van der Waals surface area contributed by atoms with Gasteiger partial charge in [-0.15, -0.1) is 0 Å². The van der Waals surface area contributed by atoms with Crippen molar-refractivity contribution in [3.05, 3.63) is 23.2 Å². The topological polar surface area (TPSA) is 82.7 Å². The first-order chi connectivity index (χ1) is 8.64. The van der Waals surface area contributed by atoms with Crippen molar-refractivity contribution in [1.29, 1.82) is 0 Å². The van der Waals surface area contributed by atoms with E-state index >= 15 is 0 Å². The van der Waals surface area contributed by atoms with Crippen LogP contribution in [0.15, 0.2) is 23.2 Å². The molecule has 0 radical (unpaired) electrons. The third kappa shape index (κ3) is 2.33. The molecule has 0 spiro atoms. The van der Waals surface area contributed by atoms with Crippen LogP contribution in [0, 0.1) is 0 Å². The quantitative estimate of drug-likeness (QED) is 0.768.